The van der Waals surface area contributed by atoms with E-state index in [9.17, 15) is 0 Å². The third kappa shape index (κ3) is 4.83. The van der Waals surface area contributed by atoms with Crippen molar-refractivity contribution in [3.63, 3.8) is 0 Å². The van der Waals surface area contributed by atoms with Crippen LogP contribution in [0.4, 0.5) is 5.69 Å². The summed E-state index contributed by atoms with van der Waals surface area (Å²) in [5.41, 5.74) is 2.38. The van der Waals surface area contributed by atoms with Crippen LogP contribution in [0.2, 0.25) is 0 Å². The first kappa shape index (κ1) is 19.0. The smallest absolute Gasteiger partial charge is 0.194 e. The lowest BCUT2D eigenvalue weighted by molar-refractivity contribution is 0.372. The zero-order valence-corrected chi connectivity index (χ0v) is 17.3. The fraction of sp³-hybridized carbons (Fsp3) is 0.412. The molecule has 0 unspecified atom stereocenters. The first-order valence-electron chi connectivity index (χ1n) is 7.93. The van der Waals surface area contributed by atoms with Gasteiger partial charge in [-0.1, -0.05) is 18.2 Å². The minimum Gasteiger partial charge on any atom is -0.368 e. The molecule has 1 aliphatic heterocycles. The first-order valence-corrected chi connectivity index (χ1v) is 8.81. The van der Waals surface area contributed by atoms with Crippen molar-refractivity contribution in [3.05, 3.63) is 46.4 Å². The molecule has 0 aliphatic carbocycles. The van der Waals surface area contributed by atoms with Gasteiger partial charge in [0.1, 0.15) is 5.01 Å². The zero-order valence-electron chi connectivity index (χ0n) is 14.1. The Morgan fingerprint density at radius 1 is 1.21 bits per heavy atom. The second-order valence-corrected chi connectivity index (χ2v) is 6.54. The molecule has 7 heteroatoms. The molecule has 1 N–H and O–H groups in total. The van der Waals surface area contributed by atoms with Gasteiger partial charge in [0.25, 0.3) is 0 Å². The highest BCUT2D eigenvalue weighted by atomic mass is 127. The Hall–Kier alpha value is -1.35. The third-order valence-electron chi connectivity index (χ3n) is 3.98. The number of halogens is 1. The highest BCUT2D eigenvalue weighted by molar-refractivity contribution is 14.0. The maximum absolute atomic E-state index is 4.49. The Kier molecular flexibility index (Phi) is 7.29. The molecule has 1 aromatic carbocycles. The summed E-state index contributed by atoms with van der Waals surface area (Å²) in [7, 11) is 1.85. The van der Waals surface area contributed by atoms with Crippen molar-refractivity contribution in [1.29, 1.82) is 0 Å². The molecular formula is C17H24IN5S. The van der Waals surface area contributed by atoms with E-state index in [0.717, 1.165) is 49.4 Å². The molecule has 0 bridgehead atoms. The Balaban J connectivity index is 0.00000208. The number of anilines is 1. The zero-order chi connectivity index (χ0) is 16.1. The molecule has 130 valence electrons. The van der Waals surface area contributed by atoms with Crippen molar-refractivity contribution in [3.8, 4) is 0 Å². The van der Waals surface area contributed by atoms with Crippen LogP contribution in [0.15, 0.2) is 40.7 Å². The molecule has 0 amide bonds. The van der Waals surface area contributed by atoms with E-state index in [2.05, 4.69) is 60.8 Å². The van der Waals surface area contributed by atoms with Gasteiger partial charge in [-0.25, -0.2) is 4.98 Å². The Bertz CT molecular complexity index is 650. The second-order valence-electron chi connectivity index (χ2n) is 5.59. The largest absolute Gasteiger partial charge is 0.368 e. The number of hydrogen-bond acceptors (Lipinski definition) is 4. The van der Waals surface area contributed by atoms with Crippen molar-refractivity contribution >= 4 is 47.0 Å². The summed E-state index contributed by atoms with van der Waals surface area (Å²) in [5.74, 6) is 0.963. The van der Waals surface area contributed by atoms with Crippen LogP contribution in [0.25, 0.3) is 0 Å². The van der Waals surface area contributed by atoms with E-state index >= 15 is 0 Å². The van der Waals surface area contributed by atoms with Gasteiger partial charge in [0.15, 0.2) is 5.96 Å². The second kappa shape index (κ2) is 9.22. The lowest BCUT2D eigenvalue weighted by Crippen LogP contribution is -2.52. The predicted molar refractivity (Wildman–Crippen MR) is 113 cm³/mol. The van der Waals surface area contributed by atoms with Gasteiger partial charge >= 0.3 is 0 Å². The molecule has 0 atom stereocenters. The number of rotatable bonds is 3. The van der Waals surface area contributed by atoms with Crippen molar-refractivity contribution in [1.82, 2.24) is 15.2 Å². The third-order valence-corrected chi connectivity index (χ3v) is 4.94. The van der Waals surface area contributed by atoms with E-state index in [4.69, 9.17) is 0 Å². The molecule has 2 aromatic rings. The van der Waals surface area contributed by atoms with Crippen LogP contribution in [0.3, 0.4) is 0 Å². The van der Waals surface area contributed by atoms with Gasteiger partial charge in [0.2, 0.25) is 0 Å². The van der Waals surface area contributed by atoms with Crippen LogP contribution in [-0.2, 0) is 6.54 Å². The van der Waals surface area contributed by atoms with Gasteiger partial charge in [-0.15, -0.1) is 35.3 Å². The summed E-state index contributed by atoms with van der Waals surface area (Å²) in [6.07, 6.45) is 0. The Morgan fingerprint density at radius 2 is 1.92 bits per heavy atom. The molecule has 0 saturated carbocycles. The van der Waals surface area contributed by atoms with Crippen molar-refractivity contribution in [2.75, 3.05) is 38.1 Å². The molecule has 1 fully saturated rings. The molecule has 0 radical (unpaired) electrons. The van der Waals surface area contributed by atoms with Crippen LogP contribution in [-0.4, -0.2) is 49.1 Å². The van der Waals surface area contributed by atoms with Gasteiger partial charge in [-0.2, -0.15) is 0 Å². The quantitative estimate of drug-likeness (QED) is 0.438. The predicted octanol–water partition coefficient (Wildman–Crippen LogP) is 2.97. The van der Waals surface area contributed by atoms with Gasteiger partial charge in [0, 0.05) is 50.0 Å². The summed E-state index contributed by atoms with van der Waals surface area (Å²) in [6.45, 7) is 6.75. The molecule has 1 aromatic heterocycles. The van der Waals surface area contributed by atoms with Crippen LogP contribution >= 0.6 is 35.3 Å². The van der Waals surface area contributed by atoms with Gasteiger partial charge in [0.05, 0.1) is 6.54 Å². The van der Waals surface area contributed by atoms with Gasteiger partial charge in [-0.05, 0) is 19.1 Å². The number of aliphatic imine (C=N–C) groups is 1. The lowest BCUT2D eigenvalue weighted by atomic mass is 10.2. The Morgan fingerprint density at radius 3 is 2.50 bits per heavy atom. The van der Waals surface area contributed by atoms with E-state index < -0.39 is 0 Å². The monoisotopic (exact) mass is 457 g/mol. The normalized spacial score (nSPS) is 15.2. The summed E-state index contributed by atoms with van der Waals surface area (Å²) < 4.78 is 0. The summed E-state index contributed by atoms with van der Waals surface area (Å²) in [5, 5.41) is 6.61. The number of guanidine groups is 1. The molecule has 3 rings (SSSR count). The maximum Gasteiger partial charge on any atom is 0.194 e. The average Bonchev–Trinajstić information content (AvgIpc) is 3.02. The number of nitrogens with one attached hydrogen (secondary N) is 1. The fourth-order valence-corrected chi connectivity index (χ4v) is 3.50. The lowest BCUT2D eigenvalue weighted by Gasteiger charge is -2.37. The van der Waals surface area contributed by atoms with E-state index in [-0.39, 0.29) is 24.0 Å². The van der Waals surface area contributed by atoms with Crippen LogP contribution in [0, 0.1) is 6.92 Å². The number of piperazine rings is 1. The van der Waals surface area contributed by atoms with Crippen LogP contribution in [0.5, 0.6) is 0 Å². The van der Waals surface area contributed by atoms with Crippen LogP contribution in [0.1, 0.15) is 10.7 Å². The van der Waals surface area contributed by atoms with Gasteiger partial charge in [-0.3, -0.25) is 4.99 Å². The van der Waals surface area contributed by atoms with Crippen molar-refractivity contribution < 1.29 is 0 Å². The summed E-state index contributed by atoms with van der Waals surface area (Å²) in [4.78, 5) is 13.7. The summed E-state index contributed by atoms with van der Waals surface area (Å²) in [6, 6.07) is 10.6. The Labute approximate surface area is 164 Å². The van der Waals surface area contributed by atoms with Crippen molar-refractivity contribution in [2.45, 2.75) is 13.5 Å². The first-order chi connectivity index (χ1) is 11.3. The molecule has 1 aliphatic rings. The minimum atomic E-state index is 0. The molecule has 5 nitrogen and oxygen atoms in total. The number of aromatic nitrogens is 1. The molecule has 1 saturated heterocycles. The fourth-order valence-electron chi connectivity index (χ4n) is 2.79. The SMILES string of the molecule is CN=C(NCc1nc(C)cs1)N1CCN(c2ccccc2)CC1.I. The molecule has 2 heterocycles. The van der Waals surface area contributed by atoms with Gasteiger partial charge < -0.3 is 15.1 Å². The number of para-hydroxylation sites is 1. The van der Waals surface area contributed by atoms with Crippen LogP contribution < -0.4 is 10.2 Å². The topological polar surface area (TPSA) is 43.8 Å². The molecule has 24 heavy (non-hydrogen) atoms. The van der Waals surface area contributed by atoms with Crippen molar-refractivity contribution in [2.24, 2.45) is 4.99 Å². The van der Waals surface area contributed by atoms with E-state index in [1.54, 1.807) is 11.3 Å². The average molecular weight is 457 g/mol. The number of aryl methyl sites for hydroxylation is 1. The number of thiazole rings is 1. The summed E-state index contributed by atoms with van der Waals surface area (Å²) >= 11 is 1.69. The standard InChI is InChI=1S/C17H23N5S.HI/c1-14-13-23-16(20-14)12-19-17(18-2)22-10-8-21(9-11-22)15-6-4-3-5-7-15;/h3-7,13H,8-12H2,1-2H3,(H,18,19);1H. The number of benzene rings is 1. The molecular weight excluding hydrogens is 433 g/mol. The highest BCUT2D eigenvalue weighted by Gasteiger charge is 2.19. The number of hydrogen-bond donors (Lipinski definition) is 1. The number of nitrogens with zero attached hydrogens (tertiary/aromatic N) is 4. The van der Waals surface area contributed by atoms with E-state index in [1.165, 1.54) is 5.69 Å². The molecule has 0 spiro atoms. The minimum absolute atomic E-state index is 0. The van der Waals surface area contributed by atoms with E-state index in [0.29, 0.717) is 0 Å². The van der Waals surface area contributed by atoms with E-state index in [1.807, 2.05) is 14.0 Å². The maximum atomic E-state index is 4.49. The highest BCUT2D eigenvalue weighted by Crippen LogP contribution is 2.15.